The van der Waals surface area contributed by atoms with Crippen molar-refractivity contribution in [2.45, 2.75) is 31.7 Å². The molecule has 0 bridgehead atoms. The molecule has 1 unspecified atom stereocenters. The minimum atomic E-state index is -3.44. The van der Waals surface area contributed by atoms with Crippen molar-refractivity contribution in [3.8, 4) is 0 Å². The van der Waals surface area contributed by atoms with Gasteiger partial charge in [0, 0.05) is 31.4 Å². The maximum Gasteiger partial charge on any atom is 0.243 e. The molecule has 2 rings (SSSR count). The van der Waals surface area contributed by atoms with E-state index in [0.29, 0.717) is 18.8 Å². The van der Waals surface area contributed by atoms with Crippen LogP contribution >= 0.6 is 0 Å². The van der Waals surface area contributed by atoms with Gasteiger partial charge in [0.25, 0.3) is 0 Å². The molecule has 1 fully saturated rings. The maximum absolute atomic E-state index is 12.6. The zero-order valence-corrected chi connectivity index (χ0v) is 13.2. The molecule has 112 valence electrons. The predicted molar refractivity (Wildman–Crippen MR) is 81.1 cm³/mol. The first kappa shape index (κ1) is 15.3. The number of nitrogens with zero attached hydrogens (tertiary/aromatic N) is 2. The Labute approximate surface area is 121 Å². The molecule has 6 heteroatoms. The monoisotopic (exact) mass is 297 g/mol. The summed E-state index contributed by atoms with van der Waals surface area (Å²) in [4.78, 5) is 2.58. The lowest BCUT2D eigenvalue weighted by molar-refractivity contribution is 0.135. The second-order valence-corrected chi connectivity index (χ2v) is 7.30. The number of piperazine rings is 1. The highest BCUT2D eigenvalue weighted by molar-refractivity contribution is 7.89. The highest BCUT2D eigenvalue weighted by Crippen LogP contribution is 2.23. The molecule has 1 heterocycles. The standard InChI is InChI=1S/C14H23N3O2S/c1-4-16-7-8-17(10-12(16)3)20(18,19)13-6-5-11(2)14(15)9-13/h5-6,9,12H,4,7-8,10,15H2,1-3H3. The van der Waals surface area contributed by atoms with Gasteiger partial charge in [-0.1, -0.05) is 13.0 Å². The Hall–Kier alpha value is -1.11. The predicted octanol–water partition coefficient (Wildman–Crippen LogP) is 1.29. The number of anilines is 1. The number of rotatable bonds is 3. The second-order valence-electron chi connectivity index (χ2n) is 5.36. The summed E-state index contributed by atoms with van der Waals surface area (Å²) in [5.41, 5.74) is 7.24. The van der Waals surface area contributed by atoms with Crippen LogP contribution in [-0.4, -0.2) is 49.8 Å². The van der Waals surface area contributed by atoms with Gasteiger partial charge in [-0.05, 0) is 38.1 Å². The van der Waals surface area contributed by atoms with Crippen molar-refractivity contribution in [1.82, 2.24) is 9.21 Å². The van der Waals surface area contributed by atoms with Crippen LogP contribution in [0.25, 0.3) is 0 Å². The van der Waals surface area contributed by atoms with Gasteiger partial charge in [0.2, 0.25) is 10.0 Å². The third-order valence-electron chi connectivity index (χ3n) is 4.02. The van der Waals surface area contributed by atoms with Gasteiger partial charge >= 0.3 is 0 Å². The number of nitrogens with two attached hydrogens (primary N) is 1. The van der Waals surface area contributed by atoms with Crippen molar-refractivity contribution in [3.63, 3.8) is 0 Å². The molecule has 0 spiro atoms. The highest BCUT2D eigenvalue weighted by atomic mass is 32.2. The molecule has 20 heavy (non-hydrogen) atoms. The molecular weight excluding hydrogens is 274 g/mol. The summed E-state index contributed by atoms with van der Waals surface area (Å²) in [7, 11) is -3.44. The minimum Gasteiger partial charge on any atom is -0.398 e. The number of sulfonamides is 1. The van der Waals surface area contributed by atoms with Gasteiger partial charge in [-0.15, -0.1) is 0 Å². The number of likely N-dealkylation sites (N-methyl/N-ethyl adjacent to an activating group) is 1. The summed E-state index contributed by atoms with van der Waals surface area (Å²) in [5, 5.41) is 0. The van der Waals surface area contributed by atoms with Crippen molar-refractivity contribution in [3.05, 3.63) is 23.8 Å². The van der Waals surface area contributed by atoms with Crippen LogP contribution in [0.4, 0.5) is 5.69 Å². The molecule has 1 aliphatic rings. The normalized spacial score (nSPS) is 22.1. The average Bonchev–Trinajstić information content (AvgIpc) is 2.41. The van der Waals surface area contributed by atoms with Crippen molar-refractivity contribution >= 4 is 15.7 Å². The summed E-state index contributed by atoms with van der Waals surface area (Å²) in [6, 6.07) is 5.19. The lowest BCUT2D eigenvalue weighted by atomic mass is 10.2. The largest absolute Gasteiger partial charge is 0.398 e. The zero-order chi connectivity index (χ0) is 14.9. The van der Waals surface area contributed by atoms with Gasteiger partial charge in [0.1, 0.15) is 0 Å². The first-order valence-corrected chi connectivity index (χ1v) is 8.40. The molecule has 1 aromatic rings. The van der Waals surface area contributed by atoms with E-state index in [9.17, 15) is 8.42 Å². The molecule has 5 nitrogen and oxygen atoms in total. The van der Waals surface area contributed by atoms with Crippen LogP contribution in [0.1, 0.15) is 19.4 Å². The lowest BCUT2D eigenvalue weighted by Gasteiger charge is -2.38. The van der Waals surface area contributed by atoms with Crippen molar-refractivity contribution in [2.75, 3.05) is 31.9 Å². The van der Waals surface area contributed by atoms with Crippen molar-refractivity contribution in [2.24, 2.45) is 0 Å². The molecule has 0 saturated carbocycles. The third-order valence-corrected chi connectivity index (χ3v) is 5.88. The van der Waals surface area contributed by atoms with Gasteiger partial charge in [-0.2, -0.15) is 4.31 Å². The van der Waals surface area contributed by atoms with E-state index in [1.165, 1.54) is 0 Å². The van der Waals surface area contributed by atoms with Gasteiger partial charge in [0.15, 0.2) is 0 Å². The van der Waals surface area contributed by atoms with Gasteiger partial charge in [-0.25, -0.2) is 8.42 Å². The van der Waals surface area contributed by atoms with Gasteiger partial charge < -0.3 is 5.73 Å². The van der Waals surface area contributed by atoms with Crippen LogP contribution in [0, 0.1) is 6.92 Å². The number of hydrogen-bond donors (Lipinski definition) is 1. The molecule has 0 aromatic heterocycles. The first-order valence-electron chi connectivity index (χ1n) is 6.96. The van der Waals surface area contributed by atoms with E-state index in [1.807, 2.05) is 6.92 Å². The Bertz CT molecular complexity index is 586. The van der Waals surface area contributed by atoms with E-state index in [4.69, 9.17) is 5.73 Å². The Morgan fingerprint density at radius 2 is 2.05 bits per heavy atom. The van der Waals surface area contributed by atoms with Gasteiger partial charge in [0.05, 0.1) is 4.90 Å². The van der Waals surface area contributed by atoms with E-state index in [-0.39, 0.29) is 10.9 Å². The van der Waals surface area contributed by atoms with E-state index in [1.54, 1.807) is 22.5 Å². The highest BCUT2D eigenvalue weighted by Gasteiger charge is 2.31. The van der Waals surface area contributed by atoms with Crippen LogP contribution in [-0.2, 0) is 10.0 Å². The van der Waals surface area contributed by atoms with Crippen molar-refractivity contribution in [1.29, 1.82) is 0 Å². The topological polar surface area (TPSA) is 66.6 Å². The molecular formula is C14H23N3O2S. The van der Waals surface area contributed by atoms with Crippen LogP contribution in [0.2, 0.25) is 0 Å². The number of hydrogen-bond acceptors (Lipinski definition) is 4. The number of nitrogen functional groups attached to an aromatic ring is 1. The second kappa shape index (κ2) is 5.71. The van der Waals surface area contributed by atoms with Crippen LogP contribution in [0.15, 0.2) is 23.1 Å². The van der Waals surface area contributed by atoms with E-state index < -0.39 is 10.0 Å². The fourth-order valence-electron chi connectivity index (χ4n) is 2.58. The Morgan fingerprint density at radius 1 is 1.35 bits per heavy atom. The molecule has 0 aliphatic carbocycles. The Kier molecular flexibility index (Phi) is 4.36. The zero-order valence-electron chi connectivity index (χ0n) is 12.3. The Morgan fingerprint density at radius 3 is 2.60 bits per heavy atom. The molecule has 1 aromatic carbocycles. The first-order chi connectivity index (χ1) is 9.36. The van der Waals surface area contributed by atoms with E-state index in [0.717, 1.165) is 18.7 Å². The van der Waals surface area contributed by atoms with Gasteiger partial charge in [-0.3, -0.25) is 4.90 Å². The van der Waals surface area contributed by atoms with Crippen LogP contribution < -0.4 is 5.73 Å². The third kappa shape index (κ3) is 2.82. The van der Waals surface area contributed by atoms with Crippen LogP contribution in [0.5, 0.6) is 0 Å². The summed E-state index contributed by atoms with van der Waals surface area (Å²) >= 11 is 0. The molecule has 0 amide bonds. The summed E-state index contributed by atoms with van der Waals surface area (Å²) in [6.07, 6.45) is 0. The fourth-order valence-corrected chi connectivity index (χ4v) is 4.13. The van der Waals surface area contributed by atoms with Crippen LogP contribution in [0.3, 0.4) is 0 Å². The SMILES string of the molecule is CCN1CCN(S(=O)(=O)c2ccc(C)c(N)c2)CC1C. The lowest BCUT2D eigenvalue weighted by Crippen LogP contribution is -2.53. The van der Waals surface area contributed by atoms with E-state index in [2.05, 4.69) is 18.7 Å². The number of aryl methyl sites for hydroxylation is 1. The smallest absolute Gasteiger partial charge is 0.243 e. The quantitative estimate of drug-likeness (QED) is 0.854. The minimum absolute atomic E-state index is 0.242. The summed E-state index contributed by atoms with van der Waals surface area (Å²) in [6.45, 7) is 8.83. The molecule has 1 saturated heterocycles. The maximum atomic E-state index is 12.6. The van der Waals surface area contributed by atoms with E-state index >= 15 is 0 Å². The summed E-state index contributed by atoms with van der Waals surface area (Å²) < 4.78 is 26.8. The average molecular weight is 297 g/mol. The molecule has 0 radical (unpaired) electrons. The fraction of sp³-hybridized carbons (Fsp3) is 0.571. The molecule has 1 atom stereocenters. The number of benzene rings is 1. The molecule has 1 aliphatic heterocycles. The van der Waals surface area contributed by atoms with Crippen molar-refractivity contribution < 1.29 is 8.42 Å². The molecule has 2 N–H and O–H groups in total. The summed E-state index contributed by atoms with van der Waals surface area (Å²) in [5.74, 6) is 0. The Balaban J connectivity index is 2.25.